The van der Waals surface area contributed by atoms with Crippen LogP contribution in [0, 0.1) is 6.92 Å². The quantitative estimate of drug-likeness (QED) is 0.745. The summed E-state index contributed by atoms with van der Waals surface area (Å²) in [5, 5.41) is 9.25. The Bertz CT molecular complexity index is 329. The molecular formula is C10H11F3O. The highest BCUT2D eigenvalue weighted by atomic mass is 19.4. The van der Waals surface area contributed by atoms with Crippen LogP contribution < -0.4 is 0 Å². The zero-order valence-electron chi connectivity index (χ0n) is 7.89. The molecule has 1 N–H and O–H groups in total. The predicted octanol–water partition coefficient (Wildman–Crippen LogP) is 3.07. The van der Waals surface area contributed by atoms with Crippen LogP contribution in [-0.2, 0) is 6.18 Å². The van der Waals surface area contributed by atoms with E-state index < -0.39 is 17.8 Å². The van der Waals surface area contributed by atoms with Crippen molar-refractivity contribution in [3.05, 3.63) is 34.9 Å². The van der Waals surface area contributed by atoms with Crippen molar-refractivity contribution in [2.45, 2.75) is 26.1 Å². The fourth-order valence-electron chi connectivity index (χ4n) is 1.48. The zero-order valence-corrected chi connectivity index (χ0v) is 7.89. The molecule has 1 aromatic carbocycles. The van der Waals surface area contributed by atoms with Gasteiger partial charge in [-0.1, -0.05) is 12.1 Å². The van der Waals surface area contributed by atoms with E-state index in [9.17, 15) is 18.3 Å². The van der Waals surface area contributed by atoms with E-state index in [0.29, 0.717) is 5.56 Å². The lowest BCUT2D eigenvalue weighted by Gasteiger charge is -2.16. The molecule has 0 radical (unpaired) electrons. The Morgan fingerprint density at radius 3 is 2.21 bits per heavy atom. The van der Waals surface area contributed by atoms with E-state index in [1.807, 2.05) is 0 Å². The van der Waals surface area contributed by atoms with Crippen LogP contribution in [0.2, 0.25) is 0 Å². The molecule has 14 heavy (non-hydrogen) atoms. The average molecular weight is 204 g/mol. The van der Waals surface area contributed by atoms with E-state index in [4.69, 9.17) is 0 Å². The largest absolute Gasteiger partial charge is 0.416 e. The van der Waals surface area contributed by atoms with Gasteiger partial charge in [0.1, 0.15) is 0 Å². The number of aliphatic hydroxyl groups excluding tert-OH is 1. The van der Waals surface area contributed by atoms with Gasteiger partial charge >= 0.3 is 6.18 Å². The van der Waals surface area contributed by atoms with Crippen LogP contribution in [0.25, 0.3) is 0 Å². The molecule has 0 aliphatic heterocycles. The van der Waals surface area contributed by atoms with Crippen LogP contribution in [0.1, 0.15) is 29.7 Å². The summed E-state index contributed by atoms with van der Waals surface area (Å²) in [6.07, 6.45) is -5.51. The summed E-state index contributed by atoms with van der Waals surface area (Å²) in [5.41, 5.74) is -0.345. The van der Waals surface area contributed by atoms with Gasteiger partial charge in [-0.2, -0.15) is 13.2 Å². The molecule has 0 amide bonds. The van der Waals surface area contributed by atoms with Crippen molar-refractivity contribution in [3.63, 3.8) is 0 Å². The van der Waals surface area contributed by atoms with Crippen molar-refractivity contribution in [1.82, 2.24) is 0 Å². The first-order valence-corrected chi connectivity index (χ1v) is 4.19. The van der Waals surface area contributed by atoms with Crippen LogP contribution in [0.4, 0.5) is 13.2 Å². The van der Waals surface area contributed by atoms with Gasteiger partial charge in [-0.15, -0.1) is 0 Å². The number of alkyl halides is 3. The Morgan fingerprint density at radius 1 is 1.29 bits per heavy atom. The van der Waals surface area contributed by atoms with Crippen molar-refractivity contribution in [2.75, 3.05) is 0 Å². The van der Waals surface area contributed by atoms with E-state index in [1.165, 1.54) is 13.0 Å². The molecule has 4 heteroatoms. The highest BCUT2D eigenvalue weighted by molar-refractivity contribution is 5.37. The van der Waals surface area contributed by atoms with Crippen LogP contribution in [0.5, 0.6) is 0 Å². The Hall–Kier alpha value is -1.03. The van der Waals surface area contributed by atoms with E-state index in [0.717, 1.165) is 6.07 Å². The van der Waals surface area contributed by atoms with Crippen molar-refractivity contribution in [2.24, 2.45) is 0 Å². The lowest BCUT2D eigenvalue weighted by molar-refractivity contribution is -0.139. The molecule has 1 nitrogen and oxygen atoms in total. The molecule has 0 aromatic heterocycles. The van der Waals surface area contributed by atoms with Gasteiger partial charge in [-0.05, 0) is 31.0 Å². The minimum Gasteiger partial charge on any atom is -0.389 e. The van der Waals surface area contributed by atoms with Gasteiger partial charge in [-0.25, -0.2) is 0 Å². The summed E-state index contributed by atoms with van der Waals surface area (Å²) in [4.78, 5) is 0. The predicted molar refractivity (Wildman–Crippen MR) is 46.8 cm³/mol. The second-order valence-electron chi connectivity index (χ2n) is 3.21. The molecule has 78 valence electrons. The zero-order chi connectivity index (χ0) is 10.9. The molecule has 0 fully saturated rings. The first-order chi connectivity index (χ1) is 6.34. The van der Waals surface area contributed by atoms with Gasteiger partial charge in [0.15, 0.2) is 0 Å². The third-order valence-corrected chi connectivity index (χ3v) is 2.05. The van der Waals surface area contributed by atoms with Crippen LogP contribution in [-0.4, -0.2) is 5.11 Å². The monoisotopic (exact) mass is 204 g/mol. The molecule has 0 aliphatic rings. The van der Waals surface area contributed by atoms with E-state index in [-0.39, 0.29) is 5.56 Å². The highest BCUT2D eigenvalue weighted by Crippen LogP contribution is 2.35. The third kappa shape index (κ3) is 2.07. The summed E-state index contributed by atoms with van der Waals surface area (Å²) < 4.78 is 37.4. The maximum atomic E-state index is 12.5. The molecule has 1 atom stereocenters. The molecule has 1 aromatic rings. The second-order valence-corrected chi connectivity index (χ2v) is 3.21. The fraction of sp³-hybridized carbons (Fsp3) is 0.400. The van der Waals surface area contributed by atoms with E-state index >= 15 is 0 Å². The molecule has 0 spiro atoms. The van der Waals surface area contributed by atoms with Crippen molar-refractivity contribution in [1.29, 1.82) is 0 Å². The molecule has 0 aliphatic carbocycles. The summed E-state index contributed by atoms with van der Waals surface area (Å²) in [7, 11) is 0. The summed E-state index contributed by atoms with van der Waals surface area (Å²) in [5.74, 6) is 0. The molecule has 0 heterocycles. The number of rotatable bonds is 1. The van der Waals surface area contributed by atoms with E-state index in [2.05, 4.69) is 0 Å². The van der Waals surface area contributed by atoms with Crippen molar-refractivity contribution < 1.29 is 18.3 Å². The van der Waals surface area contributed by atoms with Crippen molar-refractivity contribution in [3.8, 4) is 0 Å². The highest BCUT2D eigenvalue weighted by Gasteiger charge is 2.34. The molecule has 0 bridgehead atoms. The summed E-state index contributed by atoms with van der Waals surface area (Å²) in [6.45, 7) is 2.88. The van der Waals surface area contributed by atoms with Gasteiger partial charge in [0.25, 0.3) is 0 Å². The van der Waals surface area contributed by atoms with Gasteiger partial charge in [0.05, 0.1) is 11.7 Å². The molecule has 0 saturated carbocycles. The fourth-order valence-corrected chi connectivity index (χ4v) is 1.48. The van der Waals surface area contributed by atoms with E-state index in [1.54, 1.807) is 13.0 Å². The maximum absolute atomic E-state index is 12.5. The maximum Gasteiger partial charge on any atom is 0.416 e. The summed E-state index contributed by atoms with van der Waals surface area (Å²) >= 11 is 0. The lowest BCUT2D eigenvalue weighted by atomic mass is 9.97. The first kappa shape index (κ1) is 11.0. The normalized spacial score (nSPS) is 14.1. The first-order valence-electron chi connectivity index (χ1n) is 4.19. The number of aliphatic hydroxyl groups is 1. The third-order valence-electron chi connectivity index (χ3n) is 2.05. The molecule has 1 unspecified atom stereocenters. The lowest BCUT2D eigenvalue weighted by Crippen LogP contribution is -2.12. The number of benzene rings is 1. The van der Waals surface area contributed by atoms with Gasteiger partial charge in [0, 0.05) is 0 Å². The van der Waals surface area contributed by atoms with Gasteiger partial charge in [-0.3, -0.25) is 0 Å². The minimum atomic E-state index is -4.40. The molecule has 1 rings (SSSR count). The Morgan fingerprint density at radius 2 is 1.86 bits per heavy atom. The van der Waals surface area contributed by atoms with Crippen LogP contribution in [0.15, 0.2) is 18.2 Å². The Kier molecular flexibility index (Phi) is 2.85. The Balaban J connectivity index is 3.36. The van der Waals surface area contributed by atoms with Gasteiger partial charge in [0.2, 0.25) is 0 Å². The SMILES string of the molecule is Cc1cccc(C(F)(F)F)c1C(C)O. The standard InChI is InChI=1S/C10H11F3O/c1-6-4-3-5-8(10(11,12)13)9(6)7(2)14/h3-5,7,14H,1-2H3. The minimum absolute atomic E-state index is 0.0417. The second kappa shape index (κ2) is 3.61. The van der Waals surface area contributed by atoms with Crippen LogP contribution >= 0.6 is 0 Å². The number of halogens is 3. The van der Waals surface area contributed by atoms with Crippen molar-refractivity contribution >= 4 is 0 Å². The summed E-state index contributed by atoms with van der Waals surface area (Å²) in [6, 6.07) is 3.87. The molecular weight excluding hydrogens is 193 g/mol. The number of aryl methyl sites for hydroxylation is 1. The molecule has 0 saturated heterocycles. The number of hydrogen-bond acceptors (Lipinski definition) is 1. The van der Waals surface area contributed by atoms with Crippen LogP contribution in [0.3, 0.4) is 0 Å². The van der Waals surface area contributed by atoms with Gasteiger partial charge < -0.3 is 5.11 Å². The average Bonchev–Trinajstić information content (AvgIpc) is 2.01. The Labute approximate surface area is 80.2 Å². The topological polar surface area (TPSA) is 20.2 Å². The smallest absolute Gasteiger partial charge is 0.389 e. The number of hydrogen-bond donors (Lipinski definition) is 1.